The van der Waals surface area contributed by atoms with E-state index >= 15 is 0 Å². The molecule has 6 heteroatoms. The number of hydrogen-bond donors (Lipinski definition) is 1. The van der Waals surface area contributed by atoms with Crippen LogP contribution in [0.1, 0.15) is 19.4 Å². The van der Waals surface area contributed by atoms with Crippen molar-refractivity contribution in [2.24, 2.45) is 0 Å². The molecular formula is C15H22F3N3. The van der Waals surface area contributed by atoms with Gasteiger partial charge in [0.25, 0.3) is 0 Å². The van der Waals surface area contributed by atoms with E-state index in [4.69, 9.17) is 0 Å². The van der Waals surface area contributed by atoms with Gasteiger partial charge in [-0.1, -0.05) is 6.92 Å². The zero-order valence-corrected chi connectivity index (χ0v) is 12.5. The maximum absolute atomic E-state index is 13.3. The van der Waals surface area contributed by atoms with Crippen molar-refractivity contribution in [1.29, 1.82) is 0 Å². The van der Waals surface area contributed by atoms with Gasteiger partial charge in [-0.3, -0.25) is 0 Å². The van der Waals surface area contributed by atoms with Crippen molar-refractivity contribution < 1.29 is 13.2 Å². The topological polar surface area (TPSA) is 18.5 Å². The minimum Gasteiger partial charge on any atom is -0.385 e. The van der Waals surface area contributed by atoms with E-state index in [0.717, 1.165) is 19.6 Å². The molecule has 2 rings (SSSR count). The number of nitrogens with one attached hydrogen (secondary N) is 1. The lowest BCUT2D eigenvalue weighted by atomic mass is 10.1. The Bertz CT molecular complexity index is 466. The molecule has 0 radical (unpaired) electrons. The summed E-state index contributed by atoms with van der Waals surface area (Å²) < 4.78 is 39.9. The molecule has 21 heavy (non-hydrogen) atoms. The number of piperazine rings is 1. The fourth-order valence-corrected chi connectivity index (χ4v) is 2.66. The first-order chi connectivity index (χ1) is 9.95. The smallest absolute Gasteiger partial charge is 0.385 e. The molecule has 0 saturated carbocycles. The van der Waals surface area contributed by atoms with Crippen molar-refractivity contribution in [3.8, 4) is 0 Å². The number of likely N-dealkylation sites (N-methyl/N-ethyl adjacent to an activating group) is 1. The summed E-state index contributed by atoms with van der Waals surface area (Å²) in [4.78, 5) is 4.08. The van der Waals surface area contributed by atoms with E-state index in [1.807, 2.05) is 11.8 Å². The normalized spacial score (nSPS) is 17.1. The van der Waals surface area contributed by atoms with Crippen LogP contribution in [-0.2, 0) is 6.18 Å². The molecule has 0 aliphatic carbocycles. The van der Waals surface area contributed by atoms with Gasteiger partial charge in [0.05, 0.1) is 5.56 Å². The average Bonchev–Trinajstić information content (AvgIpc) is 2.47. The molecule has 0 aromatic heterocycles. The summed E-state index contributed by atoms with van der Waals surface area (Å²) in [5.41, 5.74) is 0.256. The highest BCUT2D eigenvalue weighted by molar-refractivity contribution is 5.62. The predicted octanol–water partition coefficient (Wildman–Crippen LogP) is 3.28. The second-order valence-electron chi connectivity index (χ2n) is 5.18. The van der Waals surface area contributed by atoms with Crippen LogP contribution < -0.4 is 10.2 Å². The van der Waals surface area contributed by atoms with Crippen LogP contribution >= 0.6 is 0 Å². The SMILES string of the molecule is CCNc1ccc(N2CCN(CC)CC2)c(C(F)(F)F)c1. The van der Waals surface area contributed by atoms with E-state index in [9.17, 15) is 13.2 Å². The Morgan fingerprint density at radius 3 is 2.29 bits per heavy atom. The van der Waals surface area contributed by atoms with Crippen molar-refractivity contribution in [3.63, 3.8) is 0 Å². The number of nitrogens with zero attached hydrogens (tertiary/aromatic N) is 2. The van der Waals surface area contributed by atoms with Gasteiger partial charge in [0, 0.05) is 44.1 Å². The maximum atomic E-state index is 13.3. The van der Waals surface area contributed by atoms with Crippen molar-refractivity contribution >= 4 is 11.4 Å². The Morgan fingerprint density at radius 1 is 1.10 bits per heavy atom. The van der Waals surface area contributed by atoms with E-state index in [-0.39, 0.29) is 0 Å². The van der Waals surface area contributed by atoms with Crippen LogP contribution in [0.15, 0.2) is 18.2 Å². The zero-order chi connectivity index (χ0) is 15.5. The Kier molecular flexibility index (Phi) is 4.98. The lowest BCUT2D eigenvalue weighted by Crippen LogP contribution is -2.46. The van der Waals surface area contributed by atoms with Crippen LogP contribution in [0.5, 0.6) is 0 Å². The molecule has 1 aromatic carbocycles. The highest BCUT2D eigenvalue weighted by atomic mass is 19.4. The van der Waals surface area contributed by atoms with Gasteiger partial charge in [-0.2, -0.15) is 13.2 Å². The highest BCUT2D eigenvalue weighted by Gasteiger charge is 2.35. The summed E-state index contributed by atoms with van der Waals surface area (Å²) in [6, 6.07) is 4.52. The third-order valence-electron chi connectivity index (χ3n) is 3.84. The Labute approximate surface area is 123 Å². The van der Waals surface area contributed by atoms with E-state index in [1.54, 1.807) is 12.1 Å². The molecule has 0 spiro atoms. The van der Waals surface area contributed by atoms with Gasteiger partial charge in [0.1, 0.15) is 0 Å². The van der Waals surface area contributed by atoms with Gasteiger partial charge in [0.2, 0.25) is 0 Å². The summed E-state index contributed by atoms with van der Waals surface area (Å²) in [7, 11) is 0. The number of rotatable bonds is 4. The van der Waals surface area contributed by atoms with Crippen LogP contribution in [0, 0.1) is 0 Å². The van der Waals surface area contributed by atoms with Crippen LogP contribution in [0.2, 0.25) is 0 Å². The molecule has 118 valence electrons. The minimum absolute atomic E-state index is 0.292. The third kappa shape index (κ3) is 3.81. The molecule has 1 saturated heterocycles. The monoisotopic (exact) mass is 301 g/mol. The van der Waals surface area contributed by atoms with E-state index in [0.29, 0.717) is 31.0 Å². The molecule has 1 aliphatic rings. The Balaban J connectivity index is 2.26. The second kappa shape index (κ2) is 6.56. The number of hydrogen-bond acceptors (Lipinski definition) is 3. The summed E-state index contributed by atoms with van der Waals surface area (Å²) in [5.74, 6) is 0. The van der Waals surface area contributed by atoms with Gasteiger partial charge in [0.15, 0.2) is 0 Å². The first-order valence-corrected chi connectivity index (χ1v) is 7.38. The van der Waals surface area contributed by atoms with Crippen molar-refractivity contribution in [2.75, 3.05) is 49.5 Å². The van der Waals surface area contributed by atoms with Crippen molar-refractivity contribution in [2.45, 2.75) is 20.0 Å². The number of alkyl halides is 3. The van der Waals surface area contributed by atoms with E-state index in [2.05, 4.69) is 17.1 Å². The van der Waals surface area contributed by atoms with Crippen LogP contribution in [-0.4, -0.2) is 44.2 Å². The first-order valence-electron chi connectivity index (χ1n) is 7.38. The van der Waals surface area contributed by atoms with Crippen molar-refractivity contribution in [1.82, 2.24) is 4.90 Å². The lowest BCUT2D eigenvalue weighted by molar-refractivity contribution is -0.137. The number of anilines is 2. The standard InChI is InChI=1S/C15H22F3N3/c1-3-19-12-5-6-14(13(11-12)15(16,17)18)21-9-7-20(4-2)8-10-21/h5-6,11,19H,3-4,7-10H2,1-2H3. The average molecular weight is 301 g/mol. The first kappa shape index (κ1) is 15.9. The van der Waals surface area contributed by atoms with Crippen LogP contribution in [0.25, 0.3) is 0 Å². The Morgan fingerprint density at radius 2 is 1.76 bits per heavy atom. The molecule has 1 heterocycles. The molecule has 0 unspecified atom stereocenters. The third-order valence-corrected chi connectivity index (χ3v) is 3.84. The second-order valence-corrected chi connectivity index (χ2v) is 5.18. The maximum Gasteiger partial charge on any atom is 0.418 e. The van der Waals surface area contributed by atoms with Gasteiger partial charge < -0.3 is 15.1 Å². The van der Waals surface area contributed by atoms with Crippen molar-refractivity contribution in [3.05, 3.63) is 23.8 Å². The molecule has 1 N–H and O–H groups in total. The molecule has 1 aromatic rings. The molecular weight excluding hydrogens is 279 g/mol. The van der Waals surface area contributed by atoms with Gasteiger partial charge in [-0.05, 0) is 31.7 Å². The molecule has 0 atom stereocenters. The fourth-order valence-electron chi connectivity index (χ4n) is 2.66. The van der Waals surface area contributed by atoms with E-state index < -0.39 is 11.7 Å². The Hall–Kier alpha value is -1.43. The van der Waals surface area contributed by atoms with E-state index in [1.165, 1.54) is 6.07 Å². The van der Waals surface area contributed by atoms with Gasteiger partial charge in [-0.15, -0.1) is 0 Å². The summed E-state index contributed by atoms with van der Waals surface area (Å²) in [6.07, 6.45) is -4.33. The van der Waals surface area contributed by atoms with Gasteiger partial charge >= 0.3 is 6.18 Å². The van der Waals surface area contributed by atoms with Gasteiger partial charge in [-0.25, -0.2) is 0 Å². The largest absolute Gasteiger partial charge is 0.418 e. The molecule has 0 bridgehead atoms. The quantitative estimate of drug-likeness (QED) is 0.921. The minimum atomic E-state index is -4.33. The highest BCUT2D eigenvalue weighted by Crippen LogP contribution is 2.38. The molecule has 0 amide bonds. The predicted molar refractivity (Wildman–Crippen MR) is 79.9 cm³/mol. The molecule has 1 fully saturated rings. The zero-order valence-electron chi connectivity index (χ0n) is 12.5. The number of benzene rings is 1. The summed E-state index contributed by atoms with van der Waals surface area (Å²) in [5, 5.41) is 2.94. The molecule has 3 nitrogen and oxygen atoms in total. The summed E-state index contributed by atoms with van der Waals surface area (Å²) >= 11 is 0. The van der Waals surface area contributed by atoms with Crippen LogP contribution in [0.3, 0.4) is 0 Å². The fraction of sp³-hybridized carbons (Fsp3) is 0.600. The van der Waals surface area contributed by atoms with Crippen LogP contribution in [0.4, 0.5) is 24.5 Å². The number of halogens is 3. The summed E-state index contributed by atoms with van der Waals surface area (Å²) in [6.45, 7) is 8.37. The lowest BCUT2D eigenvalue weighted by Gasteiger charge is -2.36. The molecule has 1 aliphatic heterocycles.